The molecule has 0 spiro atoms. The van der Waals surface area contributed by atoms with E-state index in [1.165, 1.54) is 12.8 Å². The number of rotatable bonds is 2. The summed E-state index contributed by atoms with van der Waals surface area (Å²) in [6.45, 7) is 2.92. The van der Waals surface area contributed by atoms with Crippen LogP contribution in [0.2, 0.25) is 0 Å². The largest absolute Gasteiger partial charge is 0.334 e. The molecule has 1 aliphatic rings. The van der Waals surface area contributed by atoms with Crippen molar-refractivity contribution in [2.24, 2.45) is 0 Å². The van der Waals surface area contributed by atoms with Gasteiger partial charge < -0.3 is 4.90 Å². The topological polar surface area (TPSA) is 20.3 Å². The molecule has 5 heteroatoms. The van der Waals surface area contributed by atoms with Crippen LogP contribution in [0.5, 0.6) is 0 Å². The molecule has 100 valence electrons. The first kappa shape index (κ1) is 14.5. The van der Waals surface area contributed by atoms with Gasteiger partial charge in [0.05, 0.1) is 8.66 Å². The number of thiophene rings is 1. The molecule has 0 aliphatic carbocycles. The molecule has 2 rings (SSSR count). The fourth-order valence-electron chi connectivity index (χ4n) is 2.31. The lowest BCUT2D eigenvalue weighted by Crippen LogP contribution is -2.40. The Hall–Kier alpha value is 0.130. The third kappa shape index (κ3) is 3.17. The highest BCUT2D eigenvalue weighted by molar-refractivity contribution is 9.11. The summed E-state index contributed by atoms with van der Waals surface area (Å²) in [5.41, 5.74) is 1.15. The van der Waals surface area contributed by atoms with E-state index in [-0.39, 0.29) is 5.91 Å². The number of alkyl halides is 1. The lowest BCUT2D eigenvalue weighted by molar-refractivity contribution is 0.0707. The van der Waals surface area contributed by atoms with Gasteiger partial charge in [-0.2, -0.15) is 0 Å². The van der Waals surface area contributed by atoms with Crippen LogP contribution in [0.1, 0.15) is 40.9 Å². The second kappa shape index (κ2) is 6.53. The number of hydrogen-bond donors (Lipinski definition) is 0. The van der Waals surface area contributed by atoms with Gasteiger partial charge in [-0.15, -0.1) is 11.3 Å². The molecule has 1 saturated heterocycles. The van der Waals surface area contributed by atoms with Gasteiger partial charge in [0.25, 0.3) is 5.91 Å². The summed E-state index contributed by atoms with van der Waals surface area (Å²) >= 11 is 8.59. The second-order valence-electron chi connectivity index (χ2n) is 4.72. The van der Waals surface area contributed by atoms with Crippen LogP contribution in [0.4, 0.5) is 0 Å². The highest BCUT2D eigenvalue weighted by Crippen LogP contribution is 2.30. The van der Waals surface area contributed by atoms with Crippen molar-refractivity contribution < 1.29 is 4.79 Å². The van der Waals surface area contributed by atoms with E-state index in [0.29, 0.717) is 6.04 Å². The average Bonchev–Trinajstić information content (AvgIpc) is 2.58. The zero-order valence-corrected chi connectivity index (χ0v) is 14.4. The minimum Gasteiger partial charge on any atom is -0.334 e. The molecule has 18 heavy (non-hydrogen) atoms. The van der Waals surface area contributed by atoms with Gasteiger partial charge in [0, 0.05) is 17.9 Å². The molecular weight excluding hydrogens is 378 g/mol. The molecule has 2 nitrogen and oxygen atoms in total. The first-order chi connectivity index (χ1) is 8.63. The molecule has 1 aromatic rings. The molecule has 1 amide bonds. The van der Waals surface area contributed by atoms with Crippen LogP contribution in [0.3, 0.4) is 0 Å². The maximum atomic E-state index is 12.6. The monoisotopic (exact) mass is 393 g/mol. The Kier molecular flexibility index (Phi) is 5.27. The standard InChI is InChI=1S/C13H17Br2NOS/c1-9-7-11(18-12(9)15)13(17)16-6-4-2-3-5-10(16)8-14/h7,10H,2-6,8H2,1H3. The lowest BCUT2D eigenvalue weighted by Gasteiger charge is -2.28. The Morgan fingerprint density at radius 1 is 1.50 bits per heavy atom. The van der Waals surface area contributed by atoms with Crippen molar-refractivity contribution in [2.75, 3.05) is 11.9 Å². The molecule has 0 radical (unpaired) electrons. The zero-order valence-electron chi connectivity index (χ0n) is 10.4. The number of likely N-dealkylation sites (tertiary alicyclic amines) is 1. The lowest BCUT2D eigenvalue weighted by atomic mass is 10.1. The Balaban J connectivity index is 2.19. The van der Waals surface area contributed by atoms with E-state index in [0.717, 1.165) is 38.9 Å². The number of carbonyl (C=O) groups is 1. The quantitative estimate of drug-likeness (QED) is 0.671. The van der Waals surface area contributed by atoms with E-state index in [9.17, 15) is 4.79 Å². The fourth-order valence-corrected chi connectivity index (χ4v) is 4.48. The summed E-state index contributed by atoms with van der Waals surface area (Å²) in [6, 6.07) is 2.34. The van der Waals surface area contributed by atoms with E-state index < -0.39 is 0 Å². The fraction of sp³-hybridized carbons (Fsp3) is 0.615. The van der Waals surface area contributed by atoms with Gasteiger partial charge in [0.15, 0.2) is 0 Å². The number of nitrogens with zero attached hydrogens (tertiary/aromatic N) is 1. The Morgan fingerprint density at radius 2 is 2.28 bits per heavy atom. The zero-order chi connectivity index (χ0) is 13.1. The third-order valence-electron chi connectivity index (χ3n) is 3.38. The highest BCUT2D eigenvalue weighted by Gasteiger charge is 2.26. The summed E-state index contributed by atoms with van der Waals surface area (Å²) in [4.78, 5) is 15.5. The van der Waals surface area contributed by atoms with E-state index >= 15 is 0 Å². The summed E-state index contributed by atoms with van der Waals surface area (Å²) in [7, 11) is 0. The third-order valence-corrected chi connectivity index (χ3v) is 6.26. The van der Waals surface area contributed by atoms with E-state index in [4.69, 9.17) is 0 Å². The predicted molar refractivity (Wildman–Crippen MR) is 83.8 cm³/mol. The number of halogens is 2. The molecule has 1 unspecified atom stereocenters. The highest BCUT2D eigenvalue weighted by atomic mass is 79.9. The van der Waals surface area contributed by atoms with Crippen molar-refractivity contribution in [1.82, 2.24) is 4.90 Å². The summed E-state index contributed by atoms with van der Waals surface area (Å²) in [5, 5.41) is 0.879. The Labute approximate surface area is 129 Å². The second-order valence-corrected chi connectivity index (χ2v) is 7.74. The van der Waals surface area contributed by atoms with Crippen molar-refractivity contribution in [3.8, 4) is 0 Å². The van der Waals surface area contributed by atoms with Crippen LogP contribution in [0.25, 0.3) is 0 Å². The number of amides is 1. The number of aryl methyl sites for hydroxylation is 1. The number of carbonyl (C=O) groups excluding carboxylic acids is 1. The van der Waals surface area contributed by atoms with Gasteiger partial charge >= 0.3 is 0 Å². The molecular formula is C13H17Br2NOS. The minimum absolute atomic E-state index is 0.195. The van der Waals surface area contributed by atoms with Crippen LogP contribution in [0.15, 0.2) is 9.85 Å². The van der Waals surface area contributed by atoms with E-state index in [2.05, 4.69) is 36.8 Å². The predicted octanol–water partition coefficient (Wildman–Crippen LogP) is 4.60. The van der Waals surface area contributed by atoms with Crippen LogP contribution in [0, 0.1) is 6.92 Å². The van der Waals surface area contributed by atoms with Gasteiger partial charge in [0.2, 0.25) is 0 Å². The van der Waals surface area contributed by atoms with Crippen molar-refractivity contribution in [2.45, 2.75) is 38.6 Å². The molecule has 1 atom stereocenters. The van der Waals surface area contributed by atoms with Crippen LogP contribution in [-0.2, 0) is 0 Å². The molecule has 1 aliphatic heterocycles. The van der Waals surface area contributed by atoms with Crippen molar-refractivity contribution in [3.05, 3.63) is 20.3 Å². The SMILES string of the molecule is Cc1cc(C(=O)N2CCCCCC2CBr)sc1Br. The Bertz CT molecular complexity index is 413. The summed E-state index contributed by atoms with van der Waals surface area (Å²) < 4.78 is 1.07. The van der Waals surface area contributed by atoms with Crippen molar-refractivity contribution in [3.63, 3.8) is 0 Å². The molecule has 1 fully saturated rings. The molecule has 2 heterocycles. The maximum Gasteiger partial charge on any atom is 0.264 e. The summed E-state index contributed by atoms with van der Waals surface area (Å²) in [5.74, 6) is 0.195. The van der Waals surface area contributed by atoms with Crippen LogP contribution >= 0.6 is 43.2 Å². The van der Waals surface area contributed by atoms with Crippen molar-refractivity contribution in [1.29, 1.82) is 0 Å². The molecule has 1 aromatic heterocycles. The molecule has 0 aromatic carbocycles. The van der Waals surface area contributed by atoms with Gasteiger partial charge in [-0.25, -0.2) is 0 Å². The first-order valence-corrected chi connectivity index (χ1v) is 8.99. The molecule has 0 N–H and O–H groups in total. The normalized spacial score (nSPS) is 20.8. The molecule has 0 saturated carbocycles. The smallest absolute Gasteiger partial charge is 0.264 e. The van der Waals surface area contributed by atoms with Crippen molar-refractivity contribution >= 4 is 49.1 Å². The first-order valence-electron chi connectivity index (χ1n) is 6.26. The number of hydrogen-bond acceptors (Lipinski definition) is 2. The van der Waals surface area contributed by atoms with Crippen LogP contribution < -0.4 is 0 Å². The minimum atomic E-state index is 0.195. The van der Waals surface area contributed by atoms with E-state index in [1.807, 2.05) is 13.0 Å². The maximum absolute atomic E-state index is 12.6. The van der Waals surface area contributed by atoms with Gasteiger partial charge in [-0.05, 0) is 47.3 Å². The Morgan fingerprint density at radius 3 is 2.89 bits per heavy atom. The van der Waals surface area contributed by atoms with Gasteiger partial charge in [-0.3, -0.25) is 4.79 Å². The van der Waals surface area contributed by atoms with Crippen LogP contribution in [-0.4, -0.2) is 28.7 Å². The van der Waals surface area contributed by atoms with Gasteiger partial charge in [0.1, 0.15) is 0 Å². The van der Waals surface area contributed by atoms with Gasteiger partial charge in [-0.1, -0.05) is 28.8 Å². The molecule has 0 bridgehead atoms. The van der Waals surface area contributed by atoms with E-state index in [1.54, 1.807) is 11.3 Å². The average molecular weight is 395 g/mol. The summed E-state index contributed by atoms with van der Waals surface area (Å²) in [6.07, 6.45) is 4.71.